The molecule has 0 saturated heterocycles. The molecule has 0 aromatic heterocycles. The molecule has 1 aromatic rings. The fourth-order valence-corrected chi connectivity index (χ4v) is 2.73. The lowest BCUT2D eigenvalue weighted by molar-refractivity contribution is -0.136. The lowest BCUT2D eigenvalue weighted by Crippen LogP contribution is -2.44. The Balaban J connectivity index is 1.84. The molecule has 1 N–H and O–H groups in total. The molecule has 0 spiro atoms. The minimum Gasteiger partial charge on any atom is -0.350 e. The van der Waals surface area contributed by atoms with Gasteiger partial charge < -0.3 is 10.2 Å². The molecule has 0 aliphatic heterocycles. The lowest BCUT2D eigenvalue weighted by Gasteiger charge is -2.27. The fourth-order valence-electron chi connectivity index (χ4n) is 2.73. The predicted molar refractivity (Wildman–Crippen MR) is 77.9 cm³/mol. The van der Waals surface area contributed by atoms with Gasteiger partial charge in [0, 0.05) is 19.5 Å². The first kappa shape index (κ1) is 15.5. The molecular weight excluding hydrogens is 271 g/mol. The Kier molecular flexibility index (Phi) is 5.31. The summed E-state index contributed by atoms with van der Waals surface area (Å²) in [5.74, 6) is -0.533. The number of rotatable bonds is 5. The van der Waals surface area contributed by atoms with Crippen LogP contribution in [-0.4, -0.2) is 29.3 Å². The van der Waals surface area contributed by atoms with Crippen LogP contribution in [0.15, 0.2) is 24.3 Å². The van der Waals surface area contributed by atoms with Gasteiger partial charge in [0.05, 0.1) is 6.54 Å². The van der Waals surface area contributed by atoms with E-state index in [0.717, 1.165) is 31.2 Å². The Bertz CT molecular complexity index is 496. The van der Waals surface area contributed by atoms with Crippen molar-refractivity contribution in [2.45, 2.75) is 45.2 Å². The first-order valence-electron chi connectivity index (χ1n) is 7.34. The van der Waals surface area contributed by atoms with E-state index < -0.39 is 0 Å². The monoisotopic (exact) mass is 292 g/mol. The normalized spacial score (nSPS) is 15.0. The summed E-state index contributed by atoms with van der Waals surface area (Å²) in [6, 6.07) is 6.19. The molecule has 0 atom stereocenters. The maximum atomic E-state index is 12.8. The number of benzene rings is 1. The second-order valence-corrected chi connectivity index (χ2v) is 5.49. The summed E-state index contributed by atoms with van der Waals surface area (Å²) in [7, 11) is 0. The van der Waals surface area contributed by atoms with Crippen LogP contribution >= 0.6 is 0 Å². The number of carbonyl (C=O) groups is 2. The van der Waals surface area contributed by atoms with Gasteiger partial charge in [0.2, 0.25) is 11.8 Å². The first-order chi connectivity index (χ1) is 10.1. The summed E-state index contributed by atoms with van der Waals surface area (Å²) in [6.45, 7) is 1.95. The highest BCUT2D eigenvalue weighted by Gasteiger charge is 2.26. The molecule has 2 rings (SSSR count). The van der Waals surface area contributed by atoms with Crippen molar-refractivity contribution in [1.29, 1.82) is 0 Å². The Morgan fingerprint density at radius 1 is 1.24 bits per heavy atom. The molecule has 0 bridgehead atoms. The Labute approximate surface area is 124 Å². The van der Waals surface area contributed by atoms with Crippen LogP contribution in [0, 0.1) is 5.82 Å². The van der Waals surface area contributed by atoms with Gasteiger partial charge in [-0.05, 0) is 30.5 Å². The van der Waals surface area contributed by atoms with Crippen LogP contribution in [0.2, 0.25) is 0 Å². The van der Waals surface area contributed by atoms with Crippen LogP contribution in [-0.2, 0) is 16.1 Å². The van der Waals surface area contributed by atoms with Gasteiger partial charge in [0.25, 0.3) is 0 Å². The van der Waals surface area contributed by atoms with E-state index in [9.17, 15) is 14.0 Å². The molecule has 1 aliphatic carbocycles. The van der Waals surface area contributed by atoms with Crippen LogP contribution < -0.4 is 5.32 Å². The summed E-state index contributed by atoms with van der Waals surface area (Å²) in [5, 5.41) is 2.77. The van der Waals surface area contributed by atoms with E-state index in [1.807, 2.05) is 0 Å². The fraction of sp³-hybridized carbons (Fsp3) is 0.500. The van der Waals surface area contributed by atoms with Crippen molar-refractivity contribution >= 4 is 11.8 Å². The van der Waals surface area contributed by atoms with Gasteiger partial charge in [-0.15, -0.1) is 0 Å². The van der Waals surface area contributed by atoms with Crippen LogP contribution in [0.5, 0.6) is 0 Å². The van der Waals surface area contributed by atoms with E-state index in [1.54, 1.807) is 17.0 Å². The maximum absolute atomic E-state index is 12.8. The third-order valence-electron chi connectivity index (χ3n) is 3.89. The van der Waals surface area contributed by atoms with E-state index in [-0.39, 0.29) is 30.2 Å². The largest absolute Gasteiger partial charge is 0.350 e. The number of hydrogen-bond acceptors (Lipinski definition) is 2. The standard InChI is InChI=1S/C16H21FN2O2/c1-12(20)19(15-4-2-3-5-15)11-16(21)18-10-13-6-8-14(17)9-7-13/h6-9,15H,2-5,10-11H2,1H3,(H,18,21). The molecule has 1 saturated carbocycles. The van der Waals surface area contributed by atoms with Gasteiger partial charge in [0.1, 0.15) is 5.82 Å². The summed E-state index contributed by atoms with van der Waals surface area (Å²) < 4.78 is 12.8. The maximum Gasteiger partial charge on any atom is 0.239 e. The highest BCUT2D eigenvalue weighted by atomic mass is 19.1. The molecular formula is C16H21FN2O2. The van der Waals surface area contributed by atoms with E-state index in [4.69, 9.17) is 0 Å². The van der Waals surface area contributed by atoms with Crippen molar-refractivity contribution in [3.8, 4) is 0 Å². The van der Waals surface area contributed by atoms with Crippen molar-refractivity contribution in [2.24, 2.45) is 0 Å². The van der Waals surface area contributed by atoms with Crippen molar-refractivity contribution in [3.63, 3.8) is 0 Å². The predicted octanol–water partition coefficient (Wildman–Crippen LogP) is 2.23. The van der Waals surface area contributed by atoms with Crippen molar-refractivity contribution in [1.82, 2.24) is 10.2 Å². The zero-order valence-electron chi connectivity index (χ0n) is 12.3. The Morgan fingerprint density at radius 3 is 2.43 bits per heavy atom. The SMILES string of the molecule is CC(=O)N(CC(=O)NCc1ccc(F)cc1)C1CCCC1. The zero-order valence-corrected chi connectivity index (χ0v) is 12.3. The Hall–Kier alpha value is -1.91. The van der Waals surface area contributed by atoms with E-state index in [2.05, 4.69) is 5.32 Å². The van der Waals surface area contributed by atoms with Gasteiger partial charge >= 0.3 is 0 Å². The van der Waals surface area contributed by atoms with Crippen LogP contribution in [0.1, 0.15) is 38.2 Å². The summed E-state index contributed by atoms with van der Waals surface area (Å²) in [5.41, 5.74) is 0.833. The van der Waals surface area contributed by atoms with Gasteiger partial charge in [-0.3, -0.25) is 9.59 Å². The smallest absolute Gasteiger partial charge is 0.239 e. The van der Waals surface area contributed by atoms with Crippen molar-refractivity contribution in [3.05, 3.63) is 35.6 Å². The molecule has 1 aliphatic rings. The minimum absolute atomic E-state index is 0.0566. The number of amides is 2. The van der Waals surface area contributed by atoms with Crippen molar-refractivity contribution < 1.29 is 14.0 Å². The highest BCUT2D eigenvalue weighted by Crippen LogP contribution is 2.23. The molecule has 2 amide bonds. The van der Waals surface area contributed by atoms with Gasteiger partial charge in [0.15, 0.2) is 0 Å². The molecule has 4 nitrogen and oxygen atoms in total. The summed E-state index contributed by atoms with van der Waals surface area (Å²) in [6.07, 6.45) is 4.19. The molecule has 0 radical (unpaired) electrons. The molecule has 0 heterocycles. The quantitative estimate of drug-likeness (QED) is 0.904. The molecule has 114 valence electrons. The number of nitrogens with zero attached hydrogens (tertiary/aromatic N) is 1. The third-order valence-corrected chi connectivity index (χ3v) is 3.89. The minimum atomic E-state index is -0.297. The zero-order chi connectivity index (χ0) is 15.2. The summed E-state index contributed by atoms with van der Waals surface area (Å²) in [4.78, 5) is 25.3. The molecule has 1 fully saturated rings. The second-order valence-electron chi connectivity index (χ2n) is 5.49. The lowest BCUT2D eigenvalue weighted by atomic mass is 10.2. The van der Waals surface area contributed by atoms with Crippen LogP contribution in [0.25, 0.3) is 0 Å². The van der Waals surface area contributed by atoms with Gasteiger partial charge in [-0.2, -0.15) is 0 Å². The molecule has 5 heteroatoms. The average Bonchev–Trinajstić information content (AvgIpc) is 2.97. The molecule has 1 aromatic carbocycles. The van der Waals surface area contributed by atoms with Crippen LogP contribution in [0.4, 0.5) is 4.39 Å². The second kappa shape index (κ2) is 7.20. The Morgan fingerprint density at radius 2 is 1.86 bits per heavy atom. The van der Waals surface area contributed by atoms with E-state index in [0.29, 0.717) is 6.54 Å². The van der Waals surface area contributed by atoms with Crippen LogP contribution in [0.3, 0.4) is 0 Å². The topological polar surface area (TPSA) is 49.4 Å². The van der Waals surface area contributed by atoms with E-state index >= 15 is 0 Å². The van der Waals surface area contributed by atoms with Crippen molar-refractivity contribution in [2.75, 3.05) is 6.54 Å². The first-order valence-corrected chi connectivity index (χ1v) is 7.34. The number of nitrogens with one attached hydrogen (secondary N) is 1. The molecule has 0 unspecified atom stereocenters. The highest BCUT2D eigenvalue weighted by molar-refractivity contribution is 5.84. The van der Waals surface area contributed by atoms with Gasteiger partial charge in [-0.1, -0.05) is 25.0 Å². The molecule has 21 heavy (non-hydrogen) atoms. The number of hydrogen-bond donors (Lipinski definition) is 1. The average molecular weight is 292 g/mol. The number of halogens is 1. The van der Waals surface area contributed by atoms with Gasteiger partial charge in [-0.25, -0.2) is 4.39 Å². The number of carbonyl (C=O) groups excluding carboxylic acids is 2. The third kappa shape index (κ3) is 4.55. The van der Waals surface area contributed by atoms with E-state index in [1.165, 1.54) is 19.1 Å². The summed E-state index contributed by atoms with van der Waals surface area (Å²) >= 11 is 0.